The topological polar surface area (TPSA) is 48.8 Å². The van der Waals surface area contributed by atoms with Crippen LogP contribution in [0, 0.1) is 17.8 Å². The molecule has 3 heteroatoms. The van der Waals surface area contributed by atoms with E-state index >= 15 is 0 Å². The van der Waals surface area contributed by atoms with Crippen LogP contribution < -0.4 is 0 Å². The second-order valence-corrected chi connectivity index (χ2v) is 7.28. The van der Waals surface area contributed by atoms with E-state index in [9.17, 15) is 0 Å². The molecule has 0 unspecified atom stereocenters. The quantitative estimate of drug-likeness (QED) is 0.422. The summed E-state index contributed by atoms with van der Waals surface area (Å²) < 4.78 is 0. The molecule has 0 heterocycles. The molecule has 4 bridgehead atoms. The Morgan fingerprint density at radius 3 is 2.05 bits per heavy atom. The summed E-state index contributed by atoms with van der Waals surface area (Å²) in [4.78, 5) is 2.83. The second-order valence-electron chi connectivity index (χ2n) is 7.28. The minimum Gasteiger partial charge on any atom is -0.0893 e. The fourth-order valence-electron chi connectivity index (χ4n) is 5.54. The van der Waals surface area contributed by atoms with Crippen molar-refractivity contribution in [3.63, 3.8) is 0 Å². The van der Waals surface area contributed by atoms with E-state index in [4.69, 9.17) is 5.53 Å². The van der Waals surface area contributed by atoms with Gasteiger partial charge in [0, 0.05) is 4.91 Å². The Labute approximate surface area is 120 Å². The monoisotopic (exact) mass is 267 g/mol. The molecule has 3 nitrogen and oxygen atoms in total. The highest BCUT2D eigenvalue weighted by atomic mass is 15.1. The van der Waals surface area contributed by atoms with Gasteiger partial charge < -0.3 is 0 Å². The molecule has 4 fully saturated rings. The first-order valence-corrected chi connectivity index (χ1v) is 7.88. The standard InChI is InChI=1S/C17H21N3/c18-20-19-11-12-1-3-16(4-2-12)17-8-13-5-14(9-17)7-15(6-13)10-17/h1-4,13-15H,5-11H2. The Kier molecular flexibility index (Phi) is 2.78. The first-order chi connectivity index (χ1) is 9.77. The van der Waals surface area contributed by atoms with Gasteiger partial charge in [0.2, 0.25) is 0 Å². The average Bonchev–Trinajstić information content (AvgIpc) is 2.44. The van der Waals surface area contributed by atoms with Crippen LogP contribution in [0.2, 0.25) is 0 Å². The van der Waals surface area contributed by atoms with Crippen LogP contribution in [0.3, 0.4) is 0 Å². The Hall–Kier alpha value is -1.47. The van der Waals surface area contributed by atoms with Crippen molar-refractivity contribution in [1.29, 1.82) is 0 Å². The minimum atomic E-state index is 0.470. The molecule has 0 atom stereocenters. The van der Waals surface area contributed by atoms with Crippen molar-refractivity contribution in [1.82, 2.24) is 0 Å². The van der Waals surface area contributed by atoms with Crippen molar-refractivity contribution < 1.29 is 0 Å². The molecule has 0 radical (unpaired) electrons. The number of rotatable bonds is 3. The molecule has 0 saturated heterocycles. The van der Waals surface area contributed by atoms with Gasteiger partial charge in [-0.3, -0.25) is 0 Å². The molecule has 0 aromatic heterocycles. The molecular formula is C17H21N3. The van der Waals surface area contributed by atoms with Crippen molar-refractivity contribution in [3.8, 4) is 0 Å². The van der Waals surface area contributed by atoms with E-state index in [1.807, 2.05) is 0 Å². The summed E-state index contributed by atoms with van der Waals surface area (Å²) in [6.45, 7) is 0.470. The van der Waals surface area contributed by atoms with E-state index in [0.717, 1.165) is 23.3 Å². The lowest BCUT2D eigenvalue weighted by molar-refractivity contribution is -0.00519. The summed E-state index contributed by atoms with van der Waals surface area (Å²) in [5.74, 6) is 2.97. The molecule has 0 N–H and O–H groups in total. The fraction of sp³-hybridized carbons (Fsp3) is 0.647. The van der Waals surface area contributed by atoms with Gasteiger partial charge in [-0.2, -0.15) is 0 Å². The zero-order chi connectivity index (χ0) is 13.6. The summed E-state index contributed by atoms with van der Waals surface area (Å²) in [6.07, 6.45) is 8.72. The van der Waals surface area contributed by atoms with Gasteiger partial charge >= 0.3 is 0 Å². The number of benzene rings is 1. The van der Waals surface area contributed by atoms with E-state index in [-0.39, 0.29) is 0 Å². The van der Waals surface area contributed by atoms with Crippen molar-refractivity contribution >= 4 is 0 Å². The molecule has 1 aromatic rings. The zero-order valence-corrected chi connectivity index (χ0v) is 11.8. The largest absolute Gasteiger partial charge is 0.0893 e. The van der Waals surface area contributed by atoms with E-state index in [1.54, 1.807) is 5.56 Å². The fourth-order valence-corrected chi connectivity index (χ4v) is 5.54. The van der Waals surface area contributed by atoms with Crippen molar-refractivity contribution in [2.24, 2.45) is 22.9 Å². The predicted octanol–water partition coefficient (Wildman–Crippen LogP) is 4.96. The van der Waals surface area contributed by atoms with Crippen LogP contribution >= 0.6 is 0 Å². The van der Waals surface area contributed by atoms with E-state index < -0.39 is 0 Å². The van der Waals surface area contributed by atoms with E-state index in [0.29, 0.717) is 12.0 Å². The van der Waals surface area contributed by atoms with Gasteiger partial charge in [0.05, 0.1) is 6.54 Å². The zero-order valence-electron chi connectivity index (χ0n) is 11.8. The Morgan fingerprint density at radius 1 is 1.00 bits per heavy atom. The highest BCUT2D eigenvalue weighted by Gasteiger charge is 2.51. The van der Waals surface area contributed by atoms with Gasteiger partial charge in [-0.15, -0.1) is 0 Å². The third-order valence-electron chi connectivity index (χ3n) is 5.92. The van der Waals surface area contributed by atoms with Crippen molar-refractivity contribution in [2.75, 3.05) is 0 Å². The van der Waals surface area contributed by atoms with Gasteiger partial charge in [0.1, 0.15) is 0 Å². The highest BCUT2D eigenvalue weighted by Crippen LogP contribution is 2.60. The third-order valence-corrected chi connectivity index (χ3v) is 5.92. The maximum atomic E-state index is 8.39. The summed E-state index contributed by atoms with van der Waals surface area (Å²) in [7, 11) is 0. The molecular weight excluding hydrogens is 246 g/mol. The molecule has 5 rings (SSSR count). The van der Waals surface area contributed by atoms with Crippen LogP contribution in [-0.4, -0.2) is 0 Å². The van der Waals surface area contributed by atoms with Gasteiger partial charge in [0.15, 0.2) is 0 Å². The number of nitrogens with zero attached hydrogens (tertiary/aromatic N) is 3. The lowest BCUT2D eigenvalue weighted by atomic mass is 9.48. The normalized spacial score (nSPS) is 37.7. The molecule has 1 aromatic carbocycles. The molecule has 0 aliphatic heterocycles. The maximum absolute atomic E-state index is 8.39. The van der Waals surface area contributed by atoms with Gasteiger partial charge in [-0.1, -0.05) is 29.4 Å². The molecule has 4 aliphatic rings. The van der Waals surface area contributed by atoms with Crippen molar-refractivity contribution in [3.05, 3.63) is 45.8 Å². The third kappa shape index (κ3) is 1.92. The highest BCUT2D eigenvalue weighted by molar-refractivity contribution is 5.32. The van der Waals surface area contributed by atoms with Crippen LogP contribution in [0.5, 0.6) is 0 Å². The number of hydrogen-bond donors (Lipinski definition) is 0. The Bertz CT molecular complexity index is 519. The summed E-state index contributed by atoms with van der Waals surface area (Å²) in [5.41, 5.74) is 11.5. The predicted molar refractivity (Wildman–Crippen MR) is 79.1 cm³/mol. The van der Waals surface area contributed by atoms with Crippen LogP contribution in [0.1, 0.15) is 49.7 Å². The van der Waals surface area contributed by atoms with E-state index in [2.05, 4.69) is 34.3 Å². The Morgan fingerprint density at radius 2 is 1.55 bits per heavy atom. The first kappa shape index (κ1) is 12.3. The molecule has 0 spiro atoms. The molecule has 0 amide bonds. The summed E-state index contributed by atoms with van der Waals surface area (Å²) in [5, 5.41) is 3.64. The lowest BCUT2D eigenvalue weighted by Crippen LogP contribution is -2.48. The van der Waals surface area contributed by atoms with Gasteiger partial charge in [-0.25, -0.2) is 0 Å². The van der Waals surface area contributed by atoms with Gasteiger partial charge in [-0.05, 0) is 78.4 Å². The van der Waals surface area contributed by atoms with Gasteiger partial charge in [0.25, 0.3) is 0 Å². The van der Waals surface area contributed by atoms with Crippen LogP contribution in [0.15, 0.2) is 29.4 Å². The number of azide groups is 1. The van der Waals surface area contributed by atoms with Crippen LogP contribution in [-0.2, 0) is 12.0 Å². The average molecular weight is 267 g/mol. The SMILES string of the molecule is [N-]=[N+]=NCc1ccc(C23CC4CC(CC(C4)C2)C3)cc1. The first-order valence-electron chi connectivity index (χ1n) is 7.88. The van der Waals surface area contributed by atoms with Crippen LogP contribution in [0.4, 0.5) is 0 Å². The van der Waals surface area contributed by atoms with E-state index in [1.165, 1.54) is 38.5 Å². The molecule has 20 heavy (non-hydrogen) atoms. The maximum Gasteiger partial charge on any atom is 0.0510 e. The summed E-state index contributed by atoms with van der Waals surface area (Å²) >= 11 is 0. The Balaban J connectivity index is 1.62. The second kappa shape index (κ2) is 4.53. The number of hydrogen-bond acceptors (Lipinski definition) is 1. The molecule has 4 saturated carbocycles. The molecule has 4 aliphatic carbocycles. The molecule has 104 valence electrons. The van der Waals surface area contributed by atoms with Crippen molar-refractivity contribution in [2.45, 2.75) is 50.5 Å². The smallest absolute Gasteiger partial charge is 0.0510 e. The lowest BCUT2D eigenvalue weighted by Gasteiger charge is -2.57. The van der Waals surface area contributed by atoms with Crippen LogP contribution in [0.25, 0.3) is 10.4 Å². The minimum absolute atomic E-state index is 0.470. The summed E-state index contributed by atoms with van der Waals surface area (Å²) in [6, 6.07) is 8.91.